The van der Waals surface area contributed by atoms with E-state index in [0.717, 1.165) is 18.9 Å². The van der Waals surface area contributed by atoms with Gasteiger partial charge in [0, 0.05) is 13.1 Å². The highest BCUT2D eigenvalue weighted by Gasteiger charge is 2.15. The van der Waals surface area contributed by atoms with Gasteiger partial charge >= 0.3 is 0 Å². The van der Waals surface area contributed by atoms with Crippen molar-refractivity contribution in [2.75, 3.05) is 36.5 Å². The molecule has 0 spiro atoms. The van der Waals surface area contributed by atoms with Crippen molar-refractivity contribution in [3.05, 3.63) is 54.0 Å². The van der Waals surface area contributed by atoms with Gasteiger partial charge in [0.1, 0.15) is 17.3 Å². The third kappa shape index (κ3) is 3.23. The molecule has 0 bridgehead atoms. The molecule has 6 heteroatoms. The molecule has 1 N–H and O–H groups in total. The van der Waals surface area contributed by atoms with E-state index in [1.165, 1.54) is 12.1 Å². The van der Waals surface area contributed by atoms with Gasteiger partial charge in [0.05, 0.1) is 18.9 Å². The number of rotatable bonds is 3. The molecule has 2 aromatic rings. The van der Waals surface area contributed by atoms with Crippen LogP contribution in [-0.2, 0) is 4.74 Å². The maximum Gasteiger partial charge on any atom is 0.274 e. The standard InChI is InChI=1S/C16H16FN3O2/c17-12-4-1-2-5-13(12)19-16(21)14-6-3-7-15(18-14)20-8-10-22-11-9-20/h1-7H,8-11H2,(H,19,21). The van der Waals surface area contributed by atoms with Crippen LogP contribution in [0.3, 0.4) is 0 Å². The second-order valence-electron chi connectivity index (χ2n) is 4.91. The first-order valence-electron chi connectivity index (χ1n) is 7.10. The van der Waals surface area contributed by atoms with Crippen molar-refractivity contribution < 1.29 is 13.9 Å². The molecule has 1 saturated heterocycles. The average Bonchev–Trinajstić information content (AvgIpc) is 2.58. The van der Waals surface area contributed by atoms with Crippen LogP contribution in [-0.4, -0.2) is 37.2 Å². The van der Waals surface area contributed by atoms with E-state index >= 15 is 0 Å². The summed E-state index contributed by atoms with van der Waals surface area (Å²) < 4.78 is 18.9. The Labute approximate surface area is 127 Å². The molecule has 2 heterocycles. The normalized spacial score (nSPS) is 14.7. The summed E-state index contributed by atoms with van der Waals surface area (Å²) in [5.41, 5.74) is 0.401. The number of para-hydroxylation sites is 1. The molecule has 1 aromatic heterocycles. The van der Waals surface area contributed by atoms with Crippen molar-refractivity contribution in [1.82, 2.24) is 4.98 Å². The number of carbonyl (C=O) groups excluding carboxylic acids is 1. The molecule has 0 atom stereocenters. The Bertz CT molecular complexity index is 672. The molecule has 114 valence electrons. The first kappa shape index (κ1) is 14.5. The fourth-order valence-corrected chi connectivity index (χ4v) is 2.27. The van der Waals surface area contributed by atoms with Gasteiger partial charge in [-0.1, -0.05) is 18.2 Å². The predicted molar refractivity (Wildman–Crippen MR) is 81.6 cm³/mol. The smallest absolute Gasteiger partial charge is 0.274 e. The van der Waals surface area contributed by atoms with Gasteiger partial charge in [-0.05, 0) is 24.3 Å². The third-order valence-corrected chi connectivity index (χ3v) is 3.42. The molecule has 1 aliphatic rings. The Morgan fingerprint density at radius 1 is 1.14 bits per heavy atom. The van der Waals surface area contributed by atoms with Crippen LogP contribution in [0.5, 0.6) is 0 Å². The van der Waals surface area contributed by atoms with Crippen LogP contribution in [0, 0.1) is 5.82 Å². The van der Waals surface area contributed by atoms with Gasteiger partial charge in [0.25, 0.3) is 5.91 Å². The number of pyridine rings is 1. The van der Waals surface area contributed by atoms with Crippen LogP contribution in [0.15, 0.2) is 42.5 Å². The van der Waals surface area contributed by atoms with Crippen LogP contribution in [0.4, 0.5) is 15.9 Å². The summed E-state index contributed by atoms with van der Waals surface area (Å²) in [6.07, 6.45) is 0. The van der Waals surface area contributed by atoms with Gasteiger partial charge in [-0.25, -0.2) is 9.37 Å². The average molecular weight is 301 g/mol. The molecule has 22 heavy (non-hydrogen) atoms. The number of nitrogens with one attached hydrogen (secondary N) is 1. The number of hydrogen-bond donors (Lipinski definition) is 1. The molecular formula is C16H16FN3O2. The van der Waals surface area contributed by atoms with E-state index in [9.17, 15) is 9.18 Å². The Morgan fingerprint density at radius 2 is 1.91 bits per heavy atom. The minimum absolute atomic E-state index is 0.145. The quantitative estimate of drug-likeness (QED) is 0.945. The van der Waals surface area contributed by atoms with E-state index < -0.39 is 11.7 Å². The molecule has 3 rings (SSSR count). The number of hydrogen-bond acceptors (Lipinski definition) is 4. The number of ether oxygens (including phenoxy) is 1. The lowest BCUT2D eigenvalue weighted by atomic mass is 10.2. The van der Waals surface area contributed by atoms with Crippen molar-refractivity contribution in [3.63, 3.8) is 0 Å². The zero-order valence-electron chi connectivity index (χ0n) is 12.0. The monoisotopic (exact) mass is 301 g/mol. The summed E-state index contributed by atoms with van der Waals surface area (Å²) in [6.45, 7) is 2.78. The lowest BCUT2D eigenvalue weighted by Gasteiger charge is -2.27. The minimum Gasteiger partial charge on any atom is -0.378 e. The van der Waals surface area contributed by atoms with Gasteiger partial charge in [-0.2, -0.15) is 0 Å². The molecule has 5 nitrogen and oxygen atoms in total. The summed E-state index contributed by atoms with van der Waals surface area (Å²) in [5.74, 6) is -0.176. The highest BCUT2D eigenvalue weighted by Crippen LogP contribution is 2.16. The van der Waals surface area contributed by atoms with E-state index in [2.05, 4.69) is 15.2 Å². The molecule has 0 radical (unpaired) electrons. The van der Waals surface area contributed by atoms with E-state index in [1.54, 1.807) is 24.3 Å². The maximum atomic E-state index is 13.6. The largest absolute Gasteiger partial charge is 0.378 e. The lowest BCUT2D eigenvalue weighted by molar-refractivity contribution is 0.102. The first-order valence-corrected chi connectivity index (χ1v) is 7.10. The van der Waals surface area contributed by atoms with Gasteiger partial charge < -0.3 is 15.0 Å². The zero-order valence-corrected chi connectivity index (χ0v) is 12.0. The van der Waals surface area contributed by atoms with E-state index in [1.807, 2.05) is 6.07 Å². The number of carbonyl (C=O) groups is 1. The number of amides is 1. The van der Waals surface area contributed by atoms with Crippen LogP contribution in [0.1, 0.15) is 10.5 Å². The summed E-state index contributed by atoms with van der Waals surface area (Å²) in [4.78, 5) is 18.6. The van der Waals surface area contributed by atoms with Crippen LogP contribution < -0.4 is 10.2 Å². The molecule has 1 aromatic carbocycles. The molecule has 1 fully saturated rings. The zero-order chi connectivity index (χ0) is 15.4. The Kier molecular flexibility index (Phi) is 4.29. The van der Waals surface area contributed by atoms with Crippen LogP contribution in [0.2, 0.25) is 0 Å². The Morgan fingerprint density at radius 3 is 2.68 bits per heavy atom. The van der Waals surface area contributed by atoms with Crippen molar-refractivity contribution >= 4 is 17.4 Å². The Hall–Kier alpha value is -2.47. The number of benzene rings is 1. The molecular weight excluding hydrogens is 285 g/mol. The second-order valence-corrected chi connectivity index (χ2v) is 4.91. The lowest BCUT2D eigenvalue weighted by Crippen LogP contribution is -2.37. The summed E-state index contributed by atoms with van der Waals surface area (Å²) in [6, 6.07) is 11.3. The van der Waals surface area contributed by atoms with Gasteiger partial charge in [-0.15, -0.1) is 0 Å². The molecule has 0 saturated carbocycles. The fourth-order valence-electron chi connectivity index (χ4n) is 2.27. The highest BCUT2D eigenvalue weighted by molar-refractivity contribution is 6.03. The SMILES string of the molecule is O=C(Nc1ccccc1F)c1cccc(N2CCOCC2)n1. The maximum absolute atomic E-state index is 13.6. The third-order valence-electron chi connectivity index (χ3n) is 3.42. The minimum atomic E-state index is -0.472. The van der Waals surface area contributed by atoms with Crippen molar-refractivity contribution in [2.45, 2.75) is 0 Å². The molecule has 1 amide bonds. The van der Waals surface area contributed by atoms with Crippen LogP contribution in [0.25, 0.3) is 0 Å². The number of nitrogens with zero attached hydrogens (tertiary/aromatic N) is 2. The van der Waals surface area contributed by atoms with Gasteiger partial charge in [-0.3, -0.25) is 4.79 Å². The summed E-state index contributed by atoms with van der Waals surface area (Å²) in [7, 11) is 0. The summed E-state index contributed by atoms with van der Waals surface area (Å²) >= 11 is 0. The summed E-state index contributed by atoms with van der Waals surface area (Å²) in [5, 5.41) is 2.54. The van der Waals surface area contributed by atoms with E-state index in [-0.39, 0.29) is 11.4 Å². The number of aromatic nitrogens is 1. The topological polar surface area (TPSA) is 54.5 Å². The van der Waals surface area contributed by atoms with Gasteiger partial charge in [0.2, 0.25) is 0 Å². The molecule has 1 aliphatic heterocycles. The number of halogens is 1. The highest BCUT2D eigenvalue weighted by atomic mass is 19.1. The predicted octanol–water partition coefficient (Wildman–Crippen LogP) is 2.31. The molecule has 0 aliphatic carbocycles. The number of anilines is 2. The molecule has 0 unspecified atom stereocenters. The number of morpholine rings is 1. The van der Waals surface area contributed by atoms with E-state index in [4.69, 9.17) is 4.74 Å². The van der Waals surface area contributed by atoms with Crippen molar-refractivity contribution in [2.24, 2.45) is 0 Å². The Balaban J connectivity index is 1.76. The van der Waals surface area contributed by atoms with E-state index in [0.29, 0.717) is 13.2 Å². The van der Waals surface area contributed by atoms with Crippen molar-refractivity contribution in [1.29, 1.82) is 0 Å². The fraction of sp³-hybridized carbons (Fsp3) is 0.250. The van der Waals surface area contributed by atoms with Gasteiger partial charge in [0.15, 0.2) is 0 Å². The van der Waals surface area contributed by atoms with Crippen molar-refractivity contribution in [3.8, 4) is 0 Å². The first-order chi connectivity index (χ1) is 10.7. The second kappa shape index (κ2) is 6.53. The van der Waals surface area contributed by atoms with Crippen LogP contribution >= 0.6 is 0 Å².